The minimum atomic E-state index is 0.278. The van der Waals surface area contributed by atoms with Gasteiger partial charge in [-0.2, -0.15) is 0 Å². The molecule has 1 unspecified atom stereocenters. The number of para-hydroxylation sites is 1. The maximum absolute atomic E-state index is 3.60. The molecule has 0 spiro atoms. The number of nitrogens with one attached hydrogen (secondary N) is 2. The first-order valence-electron chi connectivity index (χ1n) is 5.64. The van der Waals surface area contributed by atoms with Gasteiger partial charge in [0.25, 0.3) is 0 Å². The fourth-order valence-electron chi connectivity index (χ4n) is 2.22. The molecule has 2 heteroatoms. The monoisotopic (exact) mass is 204 g/mol. The SMILES string of the molecule is Cc1ccccc1NC1CNC(C)(C)C1. The molecule has 0 radical (unpaired) electrons. The van der Waals surface area contributed by atoms with Crippen molar-refractivity contribution in [2.24, 2.45) is 0 Å². The smallest absolute Gasteiger partial charge is 0.0403 e. The molecular weight excluding hydrogens is 184 g/mol. The molecule has 1 aliphatic rings. The molecule has 0 bridgehead atoms. The number of aryl methyl sites for hydroxylation is 1. The Balaban J connectivity index is 2.02. The zero-order chi connectivity index (χ0) is 10.9. The van der Waals surface area contributed by atoms with Crippen molar-refractivity contribution in [3.8, 4) is 0 Å². The highest BCUT2D eigenvalue weighted by molar-refractivity contribution is 5.51. The summed E-state index contributed by atoms with van der Waals surface area (Å²) < 4.78 is 0. The van der Waals surface area contributed by atoms with Gasteiger partial charge in [-0.25, -0.2) is 0 Å². The molecule has 2 nitrogen and oxygen atoms in total. The van der Waals surface area contributed by atoms with Crippen LogP contribution in [-0.4, -0.2) is 18.1 Å². The van der Waals surface area contributed by atoms with E-state index >= 15 is 0 Å². The van der Waals surface area contributed by atoms with Crippen molar-refractivity contribution in [3.05, 3.63) is 29.8 Å². The molecule has 1 saturated heterocycles. The third-order valence-corrected chi connectivity index (χ3v) is 3.09. The topological polar surface area (TPSA) is 24.1 Å². The molecule has 1 fully saturated rings. The van der Waals surface area contributed by atoms with Crippen LogP contribution in [-0.2, 0) is 0 Å². The van der Waals surface area contributed by atoms with Crippen LogP contribution in [0.5, 0.6) is 0 Å². The zero-order valence-electron chi connectivity index (χ0n) is 9.80. The van der Waals surface area contributed by atoms with E-state index in [0.29, 0.717) is 6.04 Å². The van der Waals surface area contributed by atoms with Crippen LogP contribution >= 0.6 is 0 Å². The van der Waals surface area contributed by atoms with Gasteiger partial charge in [-0.1, -0.05) is 18.2 Å². The minimum Gasteiger partial charge on any atom is -0.381 e. The lowest BCUT2D eigenvalue weighted by atomic mass is 10.0. The van der Waals surface area contributed by atoms with Crippen LogP contribution in [0.4, 0.5) is 5.69 Å². The number of benzene rings is 1. The Labute approximate surface area is 92.1 Å². The lowest BCUT2D eigenvalue weighted by Crippen LogP contribution is -2.31. The quantitative estimate of drug-likeness (QED) is 0.773. The van der Waals surface area contributed by atoms with Gasteiger partial charge in [0, 0.05) is 23.8 Å². The van der Waals surface area contributed by atoms with Crippen LogP contribution < -0.4 is 10.6 Å². The van der Waals surface area contributed by atoms with Crippen molar-refractivity contribution in [2.45, 2.75) is 38.8 Å². The number of rotatable bonds is 2. The van der Waals surface area contributed by atoms with Crippen molar-refractivity contribution in [1.82, 2.24) is 5.32 Å². The van der Waals surface area contributed by atoms with Crippen LogP contribution in [0.15, 0.2) is 24.3 Å². The van der Waals surface area contributed by atoms with Crippen LogP contribution in [0, 0.1) is 6.92 Å². The van der Waals surface area contributed by atoms with Gasteiger partial charge < -0.3 is 10.6 Å². The molecule has 2 N–H and O–H groups in total. The molecule has 0 amide bonds. The second-order valence-corrected chi connectivity index (χ2v) is 5.13. The highest BCUT2D eigenvalue weighted by Gasteiger charge is 2.29. The van der Waals surface area contributed by atoms with Crippen LogP contribution in [0.1, 0.15) is 25.8 Å². The van der Waals surface area contributed by atoms with E-state index in [1.807, 2.05) is 0 Å². The van der Waals surface area contributed by atoms with E-state index in [2.05, 4.69) is 55.7 Å². The second-order valence-electron chi connectivity index (χ2n) is 5.13. The van der Waals surface area contributed by atoms with Crippen LogP contribution in [0.2, 0.25) is 0 Å². The standard InChI is InChI=1S/C13H20N2/c1-10-6-4-5-7-12(10)15-11-8-13(2,3)14-9-11/h4-7,11,14-15H,8-9H2,1-3H3. The van der Waals surface area contributed by atoms with Crippen molar-refractivity contribution >= 4 is 5.69 Å². The summed E-state index contributed by atoms with van der Waals surface area (Å²) >= 11 is 0. The highest BCUT2D eigenvalue weighted by Crippen LogP contribution is 2.22. The molecule has 1 atom stereocenters. The molecule has 1 aromatic rings. The van der Waals surface area contributed by atoms with Gasteiger partial charge in [0.15, 0.2) is 0 Å². The number of hydrogen-bond donors (Lipinski definition) is 2. The van der Waals surface area contributed by atoms with Gasteiger partial charge in [0.1, 0.15) is 0 Å². The van der Waals surface area contributed by atoms with E-state index in [4.69, 9.17) is 0 Å². The number of anilines is 1. The molecule has 0 aliphatic carbocycles. The van der Waals surface area contributed by atoms with Gasteiger partial charge >= 0.3 is 0 Å². The molecule has 1 heterocycles. The Kier molecular flexibility index (Phi) is 2.70. The average molecular weight is 204 g/mol. The van der Waals surface area contributed by atoms with E-state index in [9.17, 15) is 0 Å². The van der Waals surface area contributed by atoms with Crippen LogP contribution in [0.3, 0.4) is 0 Å². The summed E-state index contributed by atoms with van der Waals surface area (Å²) in [5.74, 6) is 0. The van der Waals surface area contributed by atoms with Gasteiger partial charge in [-0.3, -0.25) is 0 Å². The predicted octanol–water partition coefficient (Wildman–Crippen LogP) is 2.55. The molecule has 82 valence electrons. The first-order chi connectivity index (χ1) is 7.07. The Hall–Kier alpha value is -1.02. The Morgan fingerprint density at radius 2 is 2.07 bits per heavy atom. The fraction of sp³-hybridized carbons (Fsp3) is 0.538. The highest BCUT2D eigenvalue weighted by atomic mass is 15.1. The van der Waals surface area contributed by atoms with Crippen molar-refractivity contribution < 1.29 is 0 Å². The van der Waals surface area contributed by atoms with E-state index in [1.54, 1.807) is 0 Å². The zero-order valence-corrected chi connectivity index (χ0v) is 9.80. The third-order valence-electron chi connectivity index (χ3n) is 3.09. The van der Waals surface area contributed by atoms with E-state index in [0.717, 1.165) is 6.54 Å². The van der Waals surface area contributed by atoms with Crippen molar-refractivity contribution in [1.29, 1.82) is 0 Å². The molecule has 1 aliphatic heterocycles. The molecule has 2 rings (SSSR count). The Morgan fingerprint density at radius 1 is 1.33 bits per heavy atom. The average Bonchev–Trinajstić information content (AvgIpc) is 2.50. The van der Waals surface area contributed by atoms with Gasteiger partial charge in [-0.05, 0) is 38.8 Å². The van der Waals surface area contributed by atoms with Gasteiger partial charge in [0.2, 0.25) is 0 Å². The Bertz CT molecular complexity index is 344. The summed E-state index contributed by atoms with van der Waals surface area (Å²) in [5.41, 5.74) is 2.87. The van der Waals surface area contributed by atoms with E-state index < -0.39 is 0 Å². The lowest BCUT2D eigenvalue weighted by Gasteiger charge is -2.18. The molecule has 0 aromatic heterocycles. The predicted molar refractivity (Wildman–Crippen MR) is 65.3 cm³/mol. The summed E-state index contributed by atoms with van der Waals surface area (Å²) in [7, 11) is 0. The van der Waals surface area contributed by atoms with Crippen molar-refractivity contribution in [3.63, 3.8) is 0 Å². The molecule has 0 saturated carbocycles. The summed E-state index contributed by atoms with van der Waals surface area (Å²) in [6.07, 6.45) is 1.18. The van der Waals surface area contributed by atoms with E-state index in [1.165, 1.54) is 17.7 Å². The molecule has 1 aromatic carbocycles. The number of hydrogen-bond acceptors (Lipinski definition) is 2. The van der Waals surface area contributed by atoms with Crippen molar-refractivity contribution in [2.75, 3.05) is 11.9 Å². The Morgan fingerprint density at radius 3 is 2.67 bits per heavy atom. The molecular formula is C13H20N2. The fourth-order valence-corrected chi connectivity index (χ4v) is 2.22. The summed E-state index contributed by atoms with van der Waals surface area (Å²) in [5, 5.41) is 7.13. The van der Waals surface area contributed by atoms with Gasteiger partial charge in [-0.15, -0.1) is 0 Å². The lowest BCUT2D eigenvalue weighted by molar-refractivity contribution is 0.457. The van der Waals surface area contributed by atoms with Gasteiger partial charge in [0.05, 0.1) is 0 Å². The molecule has 15 heavy (non-hydrogen) atoms. The third kappa shape index (κ3) is 2.51. The first-order valence-corrected chi connectivity index (χ1v) is 5.64. The largest absolute Gasteiger partial charge is 0.381 e. The van der Waals surface area contributed by atoms with Crippen LogP contribution in [0.25, 0.3) is 0 Å². The second kappa shape index (κ2) is 3.86. The maximum Gasteiger partial charge on any atom is 0.0403 e. The normalized spacial score (nSPS) is 24.1. The maximum atomic E-state index is 3.60. The summed E-state index contributed by atoms with van der Waals surface area (Å²) in [6.45, 7) is 7.72. The summed E-state index contributed by atoms with van der Waals surface area (Å²) in [4.78, 5) is 0. The summed E-state index contributed by atoms with van der Waals surface area (Å²) in [6, 6.07) is 9.03. The van der Waals surface area contributed by atoms with E-state index in [-0.39, 0.29) is 5.54 Å². The first kappa shape index (κ1) is 10.5. The minimum absolute atomic E-state index is 0.278.